The van der Waals surface area contributed by atoms with Crippen molar-refractivity contribution in [3.8, 4) is 0 Å². The number of nitrogens with one attached hydrogen (secondary N) is 2. The number of thiophene rings is 1. The summed E-state index contributed by atoms with van der Waals surface area (Å²) in [4.78, 5) is 7.00. The zero-order valence-corrected chi connectivity index (χ0v) is 18.6. The van der Waals surface area contributed by atoms with Crippen molar-refractivity contribution < 1.29 is 0 Å². The first-order chi connectivity index (χ1) is 11.1. The Balaban J connectivity index is 0.00000288. The number of likely N-dealkylation sites (tertiary alicyclic amines) is 1. The highest BCUT2D eigenvalue weighted by molar-refractivity contribution is 14.0. The molecule has 2 rings (SSSR count). The molecule has 0 radical (unpaired) electrons. The second-order valence-corrected chi connectivity index (χ2v) is 7.63. The lowest BCUT2D eigenvalue weighted by Crippen LogP contribution is -2.49. The molecule has 2 N–H and O–H groups in total. The Labute approximate surface area is 168 Å². The van der Waals surface area contributed by atoms with Gasteiger partial charge in [-0.25, -0.2) is 0 Å². The first kappa shape index (κ1) is 21.7. The molecule has 1 aromatic heterocycles. The van der Waals surface area contributed by atoms with Crippen molar-refractivity contribution in [3.05, 3.63) is 22.4 Å². The highest BCUT2D eigenvalue weighted by Gasteiger charge is 2.24. The van der Waals surface area contributed by atoms with E-state index in [1.807, 2.05) is 7.05 Å². The van der Waals surface area contributed by atoms with Crippen LogP contribution in [-0.4, -0.2) is 50.1 Å². The van der Waals surface area contributed by atoms with Crippen LogP contribution in [0, 0.1) is 5.92 Å². The Hall–Kier alpha value is -0.340. The maximum absolute atomic E-state index is 4.38. The zero-order chi connectivity index (χ0) is 16.7. The minimum atomic E-state index is 0. The molecule has 6 heteroatoms. The number of aliphatic imine (C=N–C) groups is 1. The van der Waals surface area contributed by atoms with E-state index in [1.54, 1.807) is 11.3 Å². The molecule has 0 aromatic carbocycles. The van der Waals surface area contributed by atoms with Crippen LogP contribution in [0.1, 0.15) is 45.1 Å². The second-order valence-electron chi connectivity index (χ2n) is 6.85. The number of nitrogens with zero attached hydrogens (tertiary/aromatic N) is 2. The number of guanidine groups is 1. The number of halogens is 1. The monoisotopic (exact) mass is 464 g/mol. The Morgan fingerprint density at radius 2 is 1.88 bits per heavy atom. The predicted octanol–water partition coefficient (Wildman–Crippen LogP) is 3.76. The summed E-state index contributed by atoms with van der Waals surface area (Å²) in [6.07, 6.45) is 2.68. The molecule has 1 aromatic rings. The molecule has 1 aliphatic rings. The lowest BCUT2D eigenvalue weighted by molar-refractivity contribution is 0.192. The van der Waals surface area contributed by atoms with Crippen LogP contribution in [0.5, 0.6) is 0 Å². The van der Waals surface area contributed by atoms with Crippen LogP contribution in [0.2, 0.25) is 0 Å². The summed E-state index contributed by atoms with van der Waals surface area (Å²) in [6, 6.07) is 2.79. The van der Waals surface area contributed by atoms with Crippen molar-refractivity contribution in [2.45, 2.75) is 45.6 Å². The number of hydrogen-bond donors (Lipinski definition) is 2. The van der Waals surface area contributed by atoms with Crippen LogP contribution in [0.25, 0.3) is 0 Å². The Morgan fingerprint density at radius 3 is 2.42 bits per heavy atom. The summed E-state index contributed by atoms with van der Waals surface area (Å²) in [5.74, 6) is 2.07. The minimum Gasteiger partial charge on any atom is -0.356 e. The molecule has 2 heterocycles. The maximum atomic E-state index is 4.38. The summed E-state index contributed by atoms with van der Waals surface area (Å²) >= 11 is 1.76. The van der Waals surface area contributed by atoms with Gasteiger partial charge in [-0.3, -0.25) is 9.89 Å². The van der Waals surface area contributed by atoms with E-state index in [4.69, 9.17) is 0 Å². The Kier molecular flexibility index (Phi) is 10.2. The van der Waals surface area contributed by atoms with Gasteiger partial charge in [-0.15, -0.1) is 24.0 Å². The molecule has 1 aliphatic heterocycles. The number of hydrogen-bond acceptors (Lipinski definition) is 3. The van der Waals surface area contributed by atoms with E-state index in [9.17, 15) is 0 Å². The summed E-state index contributed by atoms with van der Waals surface area (Å²) in [7, 11) is 1.85. The van der Waals surface area contributed by atoms with Gasteiger partial charge in [0.2, 0.25) is 0 Å². The van der Waals surface area contributed by atoms with E-state index < -0.39 is 0 Å². The van der Waals surface area contributed by atoms with Gasteiger partial charge in [-0.2, -0.15) is 11.3 Å². The van der Waals surface area contributed by atoms with E-state index in [-0.39, 0.29) is 24.0 Å². The van der Waals surface area contributed by atoms with Gasteiger partial charge in [-0.05, 0) is 60.2 Å². The lowest BCUT2D eigenvalue weighted by Gasteiger charge is -2.31. The van der Waals surface area contributed by atoms with Crippen molar-refractivity contribution in [2.75, 3.05) is 33.2 Å². The molecule has 0 saturated carbocycles. The fourth-order valence-corrected chi connectivity index (χ4v) is 3.99. The van der Waals surface area contributed by atoms with Gasteiger partial charge < -0.3 is 10.6 Å². The van der Waals surface area contributed by atoms with Gasteiger partial charge in [0.15, 0.2) is 5.96 Å². The molecule has 0 amide bonds. The third kappa shape index (κ3) is 6.52. The summed E-state index contributed by atoms with van der Waals surface area (Å²) < 4.78 is 0. The first-order valence-corrected chi connectivity index (χ1v) is 9.76. The van der Waals surface area contributed by atoms with Crippen molar-refractivity contribution in [1.29, 1.82) is 0 Å². The van der Waals surface area contributed by atoms with E-state index in [2.05, 4.69) is 58.1 Å². The van der Waals surface area contributed by atoms with Crippen molar-refractivity contribution >= 4 is 41.3 Å². The average Bonchev–Trinajstić information content (AvgIpc) is 3.23. The van der Waals surface area contributed by atoms with Crippen LogP contribution in [0.3, 0.4) is 0 Å². The molecule has 0 aliphatic carbocycles. The quantitative estimate of drug-likeness (QED) is 0.367. The molecular weight excluding hydrogens is 431 g/mol. The van der Waals surface area contributed by atoms with Gasteiger partial charge in [0.25, 0.3) is 0 Å². The van der Waals surface area contributed by atoms with E-state index in [1.165, 1.54) is 31.5 Å². The number of rotatable bonds is 7. The molecule has 1 fully saturated rings. The third-order valence-corrected chi connectivity index (χ3v) is 5.47. The van der Waals surface area contributed by atoms with Gasteiger partial charge in [-0.1, -0.05) is 20.8 Å². The van der Waals surface area contributed by atoms with Gasteiger partial charge in [0.05, 0.1) is 0 Å². The SMILES string of the molecule is CN=C(NCC(C)c1ccsc1)NCC(C(C)C)N1CCCC1.I. The summed E-state index contributed by atoms with van der Waals surface area (Å²) in [5, 5.41) is 11.4. The van der Waals surface area contributed by atoms with Crippen LogP contribution in [-0.2, 0) is 0 Å². The van der Waals surface area contributed by atoms with Crippen molar-refractivity contribution in [1.82, 2.24) is 15.5 Å². The second kappa shape index (κ2) is 11.3. The highest BCUT2D eigenvalue weighted by atomic mass is 127. The van der Waals surface area contributed by atoms with Gasteiger partial charge in [0, 0.05) is 26.2 Å². The van der Waals surface area contributed by atoms with Crippen LogP contribution in [0.4, 0.5) is 0 Å². The molecule has 2 atom stereocenters. The topological polar surface area (TPSA) is 39.7 Å². The summed E-state index contributed by atoms with van der Waals surface area (Å²) in [5.41, 5.74) is 1.40. The smallest absolute Gasteiger partial charge is 0.191 e. The lowest BCUT2D eigenvalue weighted by atomic mass is 10.0. The van der Waals surface area contributed by atoms with Gasteiger partial charge >= 0.3 is 0 Å². The van der Waals surface area contributed by atoms with Gasteiger partial charge in [0.1, 0.15) is 0 Å². The Bertz CT molecular complexity index is 469. The Morgan fingerprint density at radius 1 is 1.21 bits per heavy atom. The molecule has 24 heavy (non-hydrogen) atoms. The highest BCUT2D eigenvalue weighted by Crippen LogP contribution is 2.18. The van der Waals surface area contributed by atoms with E-state index in [0.717, 1.165) is 19.0 Å². The largest absolute Gasteiger partial charge is 0.356 e. The van der Waals surface area contributed by atoms with Crippen molar-refractivity contribution in [2.24, 2.45) is 10.9 Å². The summed E-state index contributed by atoms with van der Waals surface area (Å²) in [6.45, 7) is 11.2. The maximum Gasteiger partial charge on any atom is 0.191 e. The normalized spacial score (nSPS) is 18.3. The molecule has 4 nitrogen and oxygen atoms in total. The minimum absolute atomic E-state index is 0. The fraction of sp³-hybridized carbons (Fsp3) is 0.722. The van der Waals surface area contributed by atoms with Crippen LogP contribution < -0.4 is 10.6 Å². The zero-order valence-electron chi connectivity index (χ0n) is 15.4. The third-order valence-electron chi connectivity index (χ3n) is 4.77. The molecule has 138 valence electrons. The average molecular weight is 464 g/mol. The fourth-order valence-electron chi connectivity index (χ4n) is 3.20. The first-order valence-electron chi connectivity index (χ1n) is 8.82. The van der Waals surface area contributed by atoms with E-state index >= 15 is 0 Å². The molecule has 0 spiro atoms. The molecular formula is C18H33IN4S. The van der Waals surface area contributed by atoms with E-state index in [0.29, 0.717) is 17.9 Å². The van der Waals surface area contributed by atoms with Crippen LogP contribution >= 0.6 is 35.3 Å². The molecule has 2 unspecified atom stereocenters. The van der Waals surface area contributed by atoms with Crippen molar-refractivity contribution in [3.63, 3.8) is 0 Å². The molecule has 0 bridgehead atoms. The standard InChI is InChI=1S/C18H32N4S.HI/c1-14(2)17(22-8-5-6-9-22)12-21-18(19-4)20-11-15(3)16-7-10-23-13-16;/h7,10,13-15,17H,5-6,8-9,11-12H2,1-4H3,(H2,19,20,21);1H. The van der Waals surface area contributed by atoms with Crippen LogP contribution in [0.15, 0.2) is 21.8 Å². The predicted molar refractivity (Wildman–Crippen MR) is 117 cm³/mol. The molecule has 1 saturated heterocycles.